The predicted octanol–water partition coefficient (Wildman–Crippen LogP) is 2.37. The first-order valence-electron chi connectivity index (χ1n) is 7.24. The van der Waals surface area contributed by atoms with E-state index in [2.05, 4.69) is 19.2 Å². The van der Waals surface area contributed by atoms with Crippen molar-refractivity contribution in [2.45, 2.75) is 33.6 Å². The second kappa shape index (κ2) is 6.07. The van der Waals surface area contributed by atoms with Crippen LogP contribution in [0.3, 0.4) is 0 Å². The minimum Gasteiger partial charge on any atom is -0.352 e. The van der Waals surface area contributed by atoms with Gasteiger partial charge in [-0.3, -0.25) is 9.59 Å². The highest BCUT2D eigenvalue weighted by Crippen LogP contribution is 2.29. The van der Waals surface area contributed by atoms with Crippen molar-refractivity contribution in [3.05, 3.63) is 29.3 Å². The highest BCUT2D eigenvalue weighted by molar-refractivity contribution is 6.03. The molecule has 4 nitrogen and oxygen atoms in total. The number of nitrogens with one attached hydrogen (secondary N) is 1. The van der Waals surface area contributed by atoms with Crippen molar-refractivity contribution in [1.82, 2.24) is 5.32 Å². The molecular formula is C16H22N2O2. The second-order valence-corrected chi connectivity index (χ2v) is 5.60. The number of likely N-dealkylation sites (N-methyl/N-ethyl adjacent to an activating group) is 1. The van der Waals surface area contributed by atoms with Crippen molar-refractivity contribution >= 4 is 17.5 Å². The van der Waals surface area contributed by atoms with E-state index in [0.717, 1.165) is 17.7 Å². The van der Waals surface area contributed by atoms with Gasteiger partial charge in [-0.1, -0.05) is 13.8 Å². The Morgan fingerprint density at radius 2 is 2.15 bits per heavy atom. The van der Waals surface area contributed by atoms with Crippen molar-refractivity contribution in [1.29, 1.82) is 0 Å². The van der Waals surface area contributed by atoms with Crippen molar-refractivity contribution < 1.29 is 9.59 Å². The maximum absolute atomic E-state index is 12.0. The van der Waals surface area contributed by atoms with Gasteiger partial charge >= 0.3 is 0 Å². The lowest BCUT2D eigenvalue weighted by atomic mass is 10.1. The van der Waals surface area contributed by atoms with Gasteiger partial charge in [0.1, 0.15) is 0 Å². The van der Waals surface area contributed by atoms with Gasteiger partial charge in [0.2, 0.25) is 5.91 Å². The Balaban J connectivity index is 2.07. The number of anilines is 1. The number of amides is 2. The topological polar surface area (TPSA) is 49.4 Å². The van der Waals surface area contributed by atoms with Crippen LogP contribution in [0, 0.1) is 5.92 Å². The molecule has 1 aromatic rings. The molecule has 20 heavy (non-hydrogen) atoms. The predicted molar refractivity (Wildman–Crippen MR) is 80.0 cm³/mol. The molecule has 2 rings (SSSR count). The summed E-state index contributed by atoms with van der Waals surface area (Å²) in [5.41, 5.74) is 2.53. The van der Waals surface area contributed by atoms with Crippen LogP contribution < -0.4 is 10.2 Å². The van der Waals surface area contributed by atoms with Crippen LogP contribution in [-0.2, 0) is 11.2 Å². The molecule has 108 valence electrons. The van der Waals surface area contributed by atoms with Crippen LogP contribution in [0.15, 0.2) is 18.2 Å². The van der Waals surface area contributed by atoms with Gasteiger partial charge in [0.15, 0.2) is 0 Å². The number of benzene rings is 1. The molecule has 0 saturated carbocycles. The fourth-order valence-electron chi connectivity index (χ4n) is 2.45. The van der Waals surface area contributed by atoms with Crippen molar-refractivity contribution in [3.8, 4) is 0 Å². The molecule has 0 fully saturated rings. The SMILES string of the molecule is CCN1C(=O)Cc2cc(C(=O)NCCC(C)C)ccc21. The molecule has 2 amide bonds. The second-order valence-electron chi connectivity index (χ2n) is 5.60. The molecule has 0 unspecified atom stereocenters. The van der Waals surface area contributed by atoms with Gasteiger partial charge in [0.25, 0.3) is 5.91 Å². The van der Waals surface area contributed by atoms with Crippen LogP contribution >= 0.6 is 0 Å². The van der Waals surface area contributed by atoms with E-state index in [1.807, 2.05) is 19.1 Å². The fourth-order valence-corrected chi connectivity index (χ4v) is 2.45. The summed E-state index contributed by atoms with van der Waals surface area (Å²) >= 11 is 0. The molecule has 1 aliphatic rings. The number of hydrogen-bond donors (Lipinski definition) is 1. The molecule has 1 N–H and O–H groups in total. The van der Waals surface area contributed by atoms with E-state index in [1.165, 1.54) is 0 Å². The van der Waals surface area contributed by atoms with Gasteiger partial charge in [-0.05, 0) is 43.0 Å². The third kappa shape index (κ3) is 3.00. The molecule has 4 heteroatoms. The summed E-state index contributed by atoms with van der Waals surface area (Å²) in [4.78, 5) is 25.6. The van der Waals surface area contributed by atoms with Gasteiger partial charge in [-0.15, -0.1) is 0 Å². The summed E-state index contributed by atoms with van der Waals surface area (Å²) in [5.74, 6) is 0.627. The number of carbonyl (C=O) groups excluding carboxylic acids is 2. The van der Waals surface area contributed by atoms with Gasteiger partial charge < -0.3 is 10.2 Å². The van der Waals surface area contributed by atoms with Crippen molar-refractivity contribution in [2.75, 3.05) is 18.0 Å². The molecule has 0 atom stereocenters. The highest BCUT2D eigenvalue weighted by Gasteiger charge is 2.26. The molecule has 0 aromatic heterocycles. The quantitative estimate of drug-likeness (QED) is 0.896. The number of rotatable bonds is 5. The highest BCUT2D eigenvalue weighted by atomic mass is 16.2. The Kier molecular flexibility index (Phi) is 4.42. The maximum Gasteiger partial charge on any atom is 0.251 e. The lowest BCUT2D eigenvalue weighted by molar-refractivity contribution is -0.117. The number of hydrogen-bond acceptors (Lipinski definition) is 2. The van der Waals surface area contributed by atoms with E-state index in [4.69, 9.17) is 0 Å². The van der Waals surface area contributed by atoms with Crippen molar-refractivity contribution in [2.24, 2.45) is 5.92 Å². The van der Waals surface area contributed by atoms with E-state index in [9.17, 15) is 9.59 Å². The van der Waals surface area contributed by atoms with Crippen LogP contribution in [0.25, 0.3) is 0 Å². The van der Waals surface area contributed by atoms with Crippen molar-refractivity contribution in [3.63, 3.8) is 0 Å². The third-order valence-corrected chi connectivity index (χ3v) is 3.60. The van der Waals surface area contributed by atoms with Crippen LogP contribution in [0.2, 0.25) is 0 Å². The van der Waals surface area contributed by atoms with Crippen LogP contribution in [0.1, 0.15) is 43.1 Å². The lowest BCUT2D eigenvalue weighted by Gasteiger charge is -2.14. The summed E-state index contributed by atoms with van der Waals surface area (Å²) in [5, 5.41) is 2.92. The molecule has 1 heterocycles. The van der Waals surface area contributed by atoms with E-state index in [0.29, 0.717) is 31.0 Å². The summed E-state index contributed by atoms with van der Waals surface area (Å²) < 4.78 is 0. The van der Waals surface area contributed by atoms with E-state index in [1.54, 1.807) is 11.0 Å². The summed E-state index contributed by atoms with van der Waals surface area (Å²) in [7, 11) is 0. The van der Waals surface area contributed by atoms with Crippen LogP contribution in [0.4, 0.5) is 5.69 Å². The molecule has 0 radical (unpaired) electrons. The number of fused-ring (bicyclic) bond motifs is 1. The van der Waals surface area contributed by atoms with Crippen LogP contribution in [-0.4, -0.2) is 24.9 Å². The van der Waals surface area contributed by atoms with E-state index >= 15 is 0 Å². The van der Waals surface area contributed by atoms with Crippen LogP contribution in [0.5, 0.6) is 0 Å². The largest absolute Gasteiger partial charge is 0.352 e. The first-order chi connectivity index (χ1) is 9.52. The minimum atomic E-state index is -0.0594. The Bertz CT molecular complexity index is 523. The number of carbonyl (C=O) groups is 2. The minimum absolute atomic E-state index is 0.0594. The van der Waals surface area contributed by atoms with E-state index in [-0.39, 0.29) is 11.8 Å². The molecule has 1 aliphatic heterocycles. The summed E-state index contributed by atoms with van der Waals surface area (Å²) in [6.07, 6.45) is 1.37. The van der Waals surface area contributed by atoms with E-state index < -0.39 is 0 Å². The lowest BCUT2D eigenvalue weighted by Crippen LogP contribution is -2.26. The molecule has 0 bridgehead atoms. The molecule has 0 saturated heterocycles. The zero-order valence-electron chi connectivity index (χ0n) is 12.4. The monoisotopic (exact) mass is 274 g/mol. The maximum atomic E-state index is 12.0. The molecule has 0 spiro atoms. The first-order valence-corrected chi connectivity index (χ1v) is 7.24. The Morgan fingerprint density at radius 1 is 1.40 bits per heavy atom. The Morgan fingerprint density at radius 3 is 2.80 bits per heavy atom. The Labute approximate surface area is 120 Å². The smallest absolute Gasteiger partial charge is 0.251 e. The van der Waals surface area contributed by atoms with Gasteiger partial charge in [0, 0.05) is 24.3 Å². The normalized spacial score (nSPS) is 13.8. The third-order valence-electron chi connectivity index (χ3n) is 3.60. The number of nitrogens with zero attached hydrogens (tertiary/aromatic N) is 1. The van der Waals surface area contributed by atoms with Gasteiger partial charge in [-0.25, -0.2) is 0 Å². The molecular weight excluding hydrogens is 252 g/mol. The zero-order chi connectivity index (χ0) is 14.7. The molecule has 1 aromatic carbocycles. The average molecular weight is 274 g/mol. The summed E-state index contributed by atoms with van der Waals surface area (Å²) in [6.45, 7) is 7.58. The summed E-state index contributed by atoms with van der Waals surface area (Å²) in [6, 6.07) is 5.51. The first kappa shape index (κ1) is 14.6. The van der Waals surface area contributed by atoms with Gasteiger partial charge in [-0.2, -0.15) is 0 Å². The Hall–Kier alpha value is -1.84. The fraction of sp³-hybridized carbons (Fsp3) is 0.500. The van der Waals surface area contributed by atoms with Gasteiger partial charge in [0.05, 0.1) is 6.42 Å². The standard InChI is InChI=1S/C16H22N2O2/c1-4-18-14-6-5-12(9-13(14)10-15(18)19)16(20)17-8-7-11(2)3/h5-6,9,11H,4,7-8,10H2,1-3H3,(H,17,20). The molecule has 0 aliphatic carbocycles. The average Bonchev–Trinajstić information content (AvgIpc) is 2.72. The zero-order valence-corrected chi connectivity index (χ0v) is 12.4.